The van der Waals surface area contributed by atoms with Crippen molar-refractivity contribution in [2.24, 2.45) is 0 Å². The quantitative estimate of drug-likeness (QED) is 0.898. The number of nitrogens with zero attached hydrogens (tertiary/aromatic N) is 4. The predicted molar refractivity (Wildman–Crippen MR) is 76.5 cm³/mol. The molecular formula is C14H16F3N5O2. The van der Waals surface area contributed by atoms with Gasteiger partial charge in [-0.1, -0.05) is 0 Å². The van der Waals surface area contributed by atoms with Gasteiger partial charge in [-0.05, 0) is 12.8 Å². The number of nitrogens with one attached hydrogen (secondary N) is 1. The van der Waals surface area contributed by atoms with Crippen LogP contribution < -0.4 is 5.32 Å². The zero-order valence-corrected chi connectivity index (χ0v) is 12.7. The van der Waals surface area contributed by atoms with Crippen molar-refractivity contribution in [1.82, 2.24) is 19.6 Å². The van der Waals surface area contributed by atoms with Gasteiger partial charge >= 0.3 is 6.18 Å². The molecule has 0 amide bonds. The van der Waals surface area contributed by atoms with E-state index in [0.29, 0.717) is 32.7 Å². The fraction of sp³-hybridized carbons (Fsp3) is 0.643. The van der Waals surface area contributed by atoms with Crippen molar-refractivity contribution in [3.8, 4) is 0 Å². The van der Waals surface area contributed by atoms with E-state index in [1.165, 1.54) is 10.8 Å². The van der Waals surface area contributed by atoms with Crippen LogP contribution in [0.1, 0.15) is 25.0 Å². The first-order valence-corrected chi connectivity index (χ1v) is 7.71. The van der Waals surface area contributed by atoms with Gasteiger partial charge in [0.15, 0.2) is 5.69 Å². The summed E-state index contributed by atoms with van der Waals surface area (Å²) < 4.78 is 51.7. The molecule has 0 unspecified atom stereocenters. The molecule has 0 aliphatic carbocycles. The highest BCUT2D eigenvalue weighted by Crippen LogP contribution is 2.35. The molecule has 7 nitrogen and oxygen atoms in total. The average Bonchev–Trinajstić information content (AvgIpc) is 3.16. The van der Waals surface area contributed by atoms with E-state index < -0.39 is 11.9 Å². The van der Waals surface area contributed by atoms with E-state index in [0.717, 1.165) is 12.5 Å². The first kappa shape index (κ1) is 15.6. The molecule has 130 valence electrons. The summed E-state index contributed by atoms with van der Waals surface area (Å²) in [6.07, 6.45) is -1.19. The maximum Gasteiger partial charge on any atom is 0.433 e. The van der Waals surface area contributed by atoms with Gasteiger partial charge in [0.1, 0.15) is 12.1 Å². The molecule has 2 aliphatic rings. The maximum atomic E-state index is 13.0. The van der Waals surface area contributed by atoms with Crippen LogP contribution in [0.2, 0.25) is 0 Å². The monoisotopic (exact) mass is 343 g/mol. The highest BCUT2D eigenvalue weighted by Gasteiger charge is 2.41. The SMILES string of the molecule is FC(F)(F)c1cc(N[C@H]2CCO[C@]3(CCOC3)C2)n2ncnc2n1. The number of halogens is 3. The largest absolute Gasteiger partial charge is 0.433 e. The Morgan fingerprint density at radius 3 is 2.96 bits per heavy atom. The third-order valence-electron chi connectivity index (χ3n) is 4.45. The second-order valence-corrected chi connectivity index (χ2v) is 6.16. The Balaban J connectivity index is 1.62. The summed E-state index contributed by atoms with van der Waals surface area (Å²) in [7, 11) is 0. The molecule has 4 heterocycles. The van der Waals surface area contributed by atoms with E-state index in [2.05, 4.69) is 20.4 Å². The molecule has 1 N–H and O–H groups in total. The molecule has 24 heavy (non-hydrogen) atoms. The lowest BCUT2D eigenvalue weighted by molar-refractivity contribution is -0.141. The standard InChI is InChI=1S/C14H16F3N5O2/c15-14(16,17)10-5-11(22-12(21-10)18-8-19-22)20-9-1-3-24-13(6-9)2-4-23-7-13/h5,8-9,20H,1-4,6-7H2/t9-,13+/m0/s1. The van der Waals surface area contributed by atoms with E-state index in [1.807, 2.05) is 0 Å². The Labute approximate surface area is 135 Å². The summed E-state index contributed by atoms with van der Waals surface area (Å²) in [5.41, 5.74) is -1.33. The second kappa shape index (κ2) is 5.55. The van der Waals surface area contributed by atoms with Gasteiger partial charge < -0.3 is 14.8 Å². The Hall–Kier alpha value is -1.94. The summed E-state index contributed by atoms with van der Waals surface area (Å²) in [6, 6.07) is 0.936. The molecule has 0 saturated carbocycles. The van der Waals surface area contributed by atoms with E-state index in [9.17, 15) is 13.2 Å². The highest BCUT2D eigenvalue weighted by atomic mass is 19.4. The minimum absolute atomic E-state index is 0.0312. The van der Waals surface area contributed by atoms with Gasteiger partial charge in [-0.25, -0.2) is 4.98 Å². The summed E-state index contributed by atoms with van der Waals surface area (Å²) in [5, 5.41) is 7.11. The average molecular weight is 343 g/mol. The lowest BCUT2D eigenvalue weighted by Crippen LogP contribution is -2.45. The number of anilines is 1. The predicted octanol–water partition coefficient (Wildman–Crippen LogP) is 1.89. The Bertz CT molecular complexity index is 742. The number of hydrogen-bond donors (Lipinski definition) is 1. The highest BCUT2D eigenvalue weighted by molar-refractivity contribution is 5.46. The summed E-state index contributed by atoms with van der Waals surface area (Å²) in [5.74, 6) is 0.143. The maximum absolute atomic E-state index is 13.0. The number of rotatable bonds is 2. The van der Waals surface area contributed by atoms with Crippen LogP contribution in [0.25, 0.3) is 5.78 Å². The van der Waals surface area contributed by atoms with Crippen LogP contribution in [0.15, 0.2) is 12.4 Å². The number of alkyl halides is 3. The first-order chi connectivity index (χ1) is 11.5. The molecule has 2 fully saturated rings. The molecule has 1 spiro atoms. The van der Waals surface area contributed by atoms with Crippen LogP contribution in [-0.4, -0.2) is 51.0 Å². The van der Waals surface area contributed by atoms with Gasteiger partial charge in [0.05, 0.1) is 12.2 Å². The van der Waals surface area contributed by atoms with Crippen LogP contribution in [0.5, 0.6) is 0 Å². The molecule has 0 aromatic carbocycles. The molecular weight excluding hydrogens is 327 g/mol. The molecule has 2 aliphatic heterocycles. The first-order valence-electron chi connectivity index (χ1n) is 7.71. The van der Waals surface area contributed by atoms with Gasteiger partial charge in [0, 0.05) is 31.7 Å². The molecule has 2 aromatic rings. The lowest BCUT2D eigenvalue weighted by atomic mass is 9.90. The van der Waals surface area contributed by atoms with E-state index >= 15 is 0 Å². The third-order valence-corrected chi connectivity index (χ3v) is 4.45. The second-order valence-electron chi connectivity index (χ2n) is 6.16. The minimum atomic E-state index is -4.54. The van der Waals surface area contributed by atoms with Crippen molar-refractivity contribution in [2.45, 2.75) is 37.1 Å². The zero-order valence-electron chi connectivity index (χ0n) is 12.7. The zero-order chi connectivity index (χ0) is 16.8. The third kappa shape index (κ3) is 2.80. The van der Waals surface area contributed by atoms with Gasteiger partial charge in [0.25, 0.3) is 5.78 Å². The van der Waals surface area contributed by atoms with Crippen molar-refractivity contribution in [1.29, 1.82) is 0 Å². The number of aromatic nitrogens is 4. The van der Waals surface area contributed by atoms with E-state index in [4.69, 9.17) is 9.47 Å². The Kier molecular flexibility index (Phi) is 3.61. The van der Waals surface area contributed by atoms with Crippen LogP contribution in [-0.2, 0) is 15.7 Å². The van der Waals surface area contributed by atoms with Crippen molar-refractivity contribution in [2.75, 3.05) is 25.1 Å². The van der Waals surface area contributed by atoms with Crippen LogP contribution in [0.3, 0.4) is 0 Å². The van der Waals surface area contributed by atoms with Crippen molar-refractivity contribution >= 4 is 11.6 Å². The molecule has 0 radical (unpaired) electrons. The molecule has 4 rings (SSSR count). The van der Waals surface area contributed by atoms with Gasteiger partial charge in [-0.2, -0.15) is 27.8 Å². The van der Waals surface area contributed by atoms with E-state index in [1.54, 1.807) is 0 Å². The normalized spacial score (nSPS) is 27.9. The molecule has 2 saturated heterocycles. The Morgan fingerprint density at radius 2 is 2.21 bits per heavy atom. The fourth-order valence-corrected chi connectivity index (χ4v) is 3.28. The van der Waals surface area contributed by atoms with Gasteiger partial charge in [-0.15, -0.1) is 0 Å². The number of fused-ring (bicyclic) bond motifs is 1. The number of ether oxygens (including phenoxy) is 2. The van der Waals surface area contributed by atoms with Crippen LogP contribution >= 0.6 is 0 Å². The van der Waals surface area contributed by atoms with E-state index in [-0.39, 0.29) is 23.2 Å². The summed E-state index contributed by atoms with van der Waals surface area (Å²) in [6.45, 7) is 1.71. The molecule has 2 atom stereocenters. The molecule has 10 heteroatoms. The van der Waals surface area contributed by atoms with Gasteiger partial charge in [-0.3, -0.25) is 0 Å². The van der Waals surface area contributed by atoms with Crippen molar-refractivity contribution in [3.05, 3.63) is 18.1 Å². The van der Waals surface area contributed by atoms with Crippen LogP contribution in [0.4, 0.5) is 19.0 Å². The van der Waals surface area contributed by atoms with Crippen LogP contribution in [0, 0.1) is 0 Å². The summed E-state index contributed by atoms with van der Waals surface area (Å²) >= 11 is 0. The lowest BCUT2D eigenvalue weighted by Gasteiger charge is -2.37. The van der Waals surface area contributed by atoms with Crippen molar-refractivity contribution in [3.63, 3.8) is 0 Å². The smallest absolute Gasteiger partial charge is 0.378 e. The molecule has 0 bridgehead atoms. The Morgan fingerprint density at radius 1 is 1.33 bits per heavy atom. The number of hydrogen-bond acceptors (Lipinski definition) is 6. The summed E-state index contributed by atoms with van der Waals surface area (Å²) in [4.78, 5) is 7.28. The topological polar surface area (TPSA) is 73.6 Å². The fourth-order valence-electron chi connectivity index (χ4n) is 3.28. The van der Waals surface area contributed by atoms with Crippen molar-refractivity contribution < 1.29 is 22.6 Å². The molecule has 2 aromatic heterocycles. The minimum Gasteiger partial charge on any atom is -0.378 e. The van der Waals surface area contributed by atoms with Gasteiger partial charge in [0.2, 0.25) is 0 Å².